The third-order valence-corrected chi connectivity index (χ3v) is 2.49. The van der Waals surface area contributed by atoms with Gasteiger partial charge in [0.25, 0.3) is 0 Å². The molecule has 0 unspecified atom stereocenters. The zero-order valence-electron chi connectivity index (χ0n) is 9.70. The van der Waals surface area contributed by atoms with Crippen molar-refractivity contribution in [2.75, 3.05) is 13.2 Å². The number of hydrogen-bond acceptors (Lipinski definition) is 2. The van der Waals surface area contributed by atoms with Gasteiger partial charge in [0, 0.05) is 17.2 Å². The summed E-state index contributed by atoms with van der Waals surface area (Å²) in [5.74, 6) is 0.603. The van der Waals surface area contributed by atoms with E-state index in [0.29, 0.717) is 23.1 Å². The highest BCUT2D eigenvalue weighted by molar-refractivity contribution is 6.30. The van der Waals surface area contributed by atoms with Gasteiger partial charge in [0.2, 0.25) is 0 Å². The first-order valence-electron chi connectivity index (χ1n) is 5.46. The highest BCUT2D eigenvalue weighted by Crippen LogP contribution is 2.10. The van der Waals surface area contributed by atoms with Gasteiger partial charge in [-0.2, -0.15) is 0 Å². The first-order valence-corrected chi connectivity index (χ1v) is 5.84. The highest BCUT2D eigenvalue weighted by Gasteiger charge is 2.05. The summed E-state index contributed by atoms with van der Waals surface area (Å²) in [6.07, 6.45) is 0.980. The molecule has 0 aliphatic heterocycles. The standard InChI is InChI=1S/C13H17ClO2/c1-10(2)7-8-16-9-13(15)11-3-5-12(14)6-4-11/h3-6,10H,7-9H2,1-2H3. The van der Waals surface area contributed by atoms with Crippen molar-refractivity contribution < 1.29 is 9.53 Å². The summed E-state index contributed by atoms with van der Waals surface area (Å²) in [6.45, 7) is 5.04. The Morgan fingerprint density at radius 3 is 2.50 bits per heavy atom. The third-order valence-electron chi connectivity index (χ3n) is 2.24. The Balaban J connectivity index is 2.32. The summed E-state index contributed by atoms with van der Waals surface area (Å²) in [5.41, 5.74) is 0.647. The minimum absolute atomic E-state index is 0.000391. The van der Waals surface area contributed by atoms with Gasteiger partial charge < -0.3 is 4.74 Å². The van der Waals surface area contributed by atoms with E-state index < -0.39 is 0 Å². The smallest absolute Gasteiger partial charge is 0.188 e. The molecular formula is C13H17ClO2. The number of carbonyl (C=O) groups excluding carboxylic acids is 1. The monoisotopic (exact) mass is 240 g/mol. The first kappa shape index (κ1) is 13.2. The Hall–Kier alpha value is -0.860. The van der Waals surface area contributed by atoms with Crippen LogP contribution in [0.1, 0.15) is 30.6 Å². The van der Waals surface area contributed by atoms with Crippen LogP contribution in [0.3, 0.4) is 0 Å². The van der Waals surface area contributed by atoms with Crippen molar-refractivity contribution in [3.05, 3.63) is 34.9 Å². The number of rotatable bonds is 6. The van der Waals surface area contributed by atoms with Crippen molar-refractivity contribution in [3.63, 3.8) is 0 Å². The maximum absolute atomic E-state index is 11.6. The second-order valence-corrected chi connectivity index (χ2v) is 4.60. The molecule has 0 spiro atoms. The number of benzene rings is 1. The minimum Gasteiger partial charge on any atom is -0.373 e. The van der Waals surface area contributed by atoms with Crippen LogP contribution in [0.2, 0.25) is 5.02 Å². The Labute approximate surface area is 102 Å². The van der Waals surface area contributed by atoms with E-state index in [2.05, 4.69) is 13.8 Å². The maximum Gasteiger partial charge on any atom is 0.188 e. The van der Waals surface area contributed by atoms with Crippen LogP contribution in [0.15, 0.2) is 24.3 Å². The zero-order chi connectivity index (χ0) is 12.0. The molecule has 0 atom stereocenters. The quantitative estimate of drug-likeness (QED) is 0.561. The van der Waals surface area contributed by atoms with Gasteiger partial charge in [-0.25, -0.2) is 0 Å². The van der Waals surface area contributed by atoms with E-state index in [-0.39, 0.29) is 12.4 Å². The van der Waals surface area contributed by atoms with Crippen LogP contribution in [-0.4, -0.2) is 19.0 Å². The second kappa shape index (κ2) is 6.66. The molecule has 0 saturated carbocycles. The fourth-order valence-corrected chi connectivity index (χ4v) is 1.33. The zero-order valence-corrected chi connectivity index (χ0v) is 10.5. The molecule has 0 heterocycles. The first-order chi connectivity index (χ1) is 7.59. The number of carbonyl (C=O) groups is 1. The molecule has 2 nitrogen and oxygen atoms in total. The minimum atomic E-state index is 0.000391. The summed E-state index contributed by atoms with van der Waals surface area (Å²) in [7, 11) is 0. The van der Waals surface area contributed by atoms with Crippen molar-refractivity contribution in [1.82, 2.24) is 0 Å². The van der Waals surface area contributed by atoms with E-state index in [4.69, 9.17) is 16.3 Å². The van der Waals surface area contributed by atoms with Crippen molar-refractivity contribution >= 4 is 17.4 Å². The molecule has 0 aliphatic rings. The van der Waals surface area contributed by atoms with Crippen molar-refractivity contribution in [3.8, 4) is 0 Å². The SMILES string of the molecule is CC(C)CCOCC(=O)c1ccc(Cl)cc1. The normalized spacial score (nSPS) is 10.8. The van der Waals surface area contributed by atoms with Crippen molar-refractivity contribution in [1.29, 1.82) is 0 Å². The predicted molar refractivity (Wildman–Crippen MR) is 66.1 cm³/mol. The predicted octanol–water partition coefficient (Wildman–Crippen LogP) is 3.59. The molecule has 0 saturated heterocycles. The van der Waals surface area contributed by atoms with Gasteiger partial charge in [-0.05, 0) is 36.6 Å². The van der Waals surface area contributed by atoms with Gasteiger partial charge in [-0.15, -0.1) is 0 Å². The van der Waals surface area contributed by atoms with Gasteiger partial charge in [-0.3, -0.25) is 4.79 Å². The fraction of sp³-hybridized carbons (Fsp3) is 0.462. The summed E-state index contributed by atoms with van der Waals surface area (Å²) in [4.78, 5) is 11.6. The summed E-state index contributed by atoms with van der Waals surface area (Å²) in [5, 5.41) is 0.636. The van der Waals surface area contributed by atoms with Gasteiger partial charge in [0.1, 0.15) is 6.61 Å². The molecule has 0 bridgehead atoms. The molecule has 1 rings (SSSR count). The van der Waals surface area contributed by atoms with Crippen LogP contribution in [-0.2, 0) is 4.74 Å². The second-order valence-electron chi connectivity index (χ2n) is 4.17. The average molecular weight is 241 g/mol. The van der Waals surface area contributed by atoms with Crippen LogP contribution in [0.5, 0.6) is 0 Å². The molecule has 16 heavy (non-hydrogen) atoms. The number of ketones is 1. The van der Waals surface area contributed by atoms with E-state index in [9.17, 15) is 4.79 Å². The molecule has 0 fully saturated rings. The van der Waals surface area contributed by atoms with Gasteiger partial charge >= 0.3 is 0 Å². The Bertz CT molecular complexity index is 330. The number of halogens is 1. The van der Waals surface area contributed by atoms with Crippen LogP contribution in [0, 0.1) is 5.92 Å². The number of hydrogen-bond donors (Lipinski definition) is 0. The Kier molecular flexibility index (Phi) is 5.50. The molecule has 0 radical (unpaired) electrons. The van der Waals surface area contributed by atoms with Crippen LogP contribution in [0.25, 0.3) is 0 Å². The van der Waals surface area contributed by atoms with E-state index in [1.807, 2.05) is 0 Å². The number of Topliss-reactive ketones (excluding diaryl/α,β-unsaturated/α-hetero) is 1. The average Bonchev–Trinajstić information content (AvgIpc) is 2.25. The molecular weight excluding hydrogens is 224 g/mol. The Morgan fingerprint density at radius 2 is 1.94 bits per heavy atom. The third kappa shape index (κ3) is 4.77. The lowest BCUT2D eigenvalue weighted by molar-refractivity contribution is 0.0739. The molecule has 0 amide bonds. The van der Waals surface area contributed by atoms with Gasteiger partial charge in [0.15, 0.2) is 5.78 Å². The molecule has 3 heteroatoms. The van der Waals surface area contributed by atoms with Gasteiger partial charge in [0.05, 0.1) is 0 Å². The van der Waals surface area contributed by atoms with Crippen LogP contribution in [0.4, 0.5) is 0 Å². The van der Waals surface area contributed by atoms with E-state index in [0.717, 1.165) is 6.42 Å². The lowest BCUT2D eigenvalue weighted by Gasteiger charge is -2.05. The fourth-order valence-electron chi connectivity index (χ4n) is 1.20. The van der Waals surface area contributed by atoms with Crippen LogP contribution >= 0.6 is 11.6 Å². The lowest BCUT2D eigenvalue weighted by atomic mass is 10.1. The number of ether oxygens (including phenoxy) is 1. The molecule has 88 valence electrons. The van der Waals surface area contributed by atoms with Gasteiger partial charge in [-0.1, -0.05) is 25.4 Å². The van der Waals surface area contributed by atoms with Crippen molar-refractivity contribution in [2.24, 2.45) is 5.92 Å². The summed E-state index contributed by atoms with van der Waals surface area (Å²) >= 11 is 5.74. The lowest BCUT2D eigenvalue weighted by Crippen LogP contribution is -2.10. The summed E-state index contributed by atoms with van der Waals surface area (Å²) in [6, 6.07) is 6.86. The van der Waals surface area contributed by atoms with E-state index in [1.165, 1.54) is 0 Å². The van der Waals surface area contributed by atoms with E-state index >= 15 is 0 Å². The molecule has 1 aromatic rings. The molecule has 0 aliphatic carbocycles. The highest BCUT2D eigenvalue weighted by atomic mass is 35.5. The topological polar surface area (TPSA) is 26.3 Å². The van der Waals surface area contributed by atoms with E-state index in [1.54, 1.807) is 24.3 Å². The maximum atomic E-state index is 11.6. The summed E-state index contributed by atoms with van der Waals surface area (Å²) < 4.78 is 5.31. The largest absolute Gasteiger partial charge is 0.373 e. The van der Waals surface area contributed by atoms with Crippen molar-refractivity contribution in [2.45, 2.75) is 20.3 Å². The molecule has 0 N–H and O–H groups in total. The molecule has 1 aromatic carbocycles. The molecule has 0 aromatic heterocycles. The Morgan fingerprint density at radius 1 is 1.31 bits per heavy atom. The van der Waals surface area contributed by atoms with Crippen LogP contribution < -0.4 is 0 Å².